The average Bonchev–Trinajstić information content (AvgIpc) is 2.85. The topological polar surface area (TPSA) is 24.9 Å². The maximum atomic E-state index is 5.06. The Morgan fingerprint density at radius 3 is 2.16 bits per heavy atom. The van der Waals surface area contributed by atoms with Crippen molar-refractivity contribution in [2.45, 2.75) is 13.0 Å². The largest absolute Gasteiger partial charge is 0.372 e. The van der Waals surface area contributed by atoms with Crippen molar-refractivity contribution in [2.75, 3.05) is 5.32 Å². The minimum absolute atomic E-state index is 0.0608. The van der Waals surface area contributed by atoms with E-state index in [-0.39, 0.29) is 6.04 Å². The minimum Gasteiger partial charge on any atom is -0.372 e. The van der Waals surface area contributed by atoms with Crippen molar-refractivity contribution in [3.8, 4) is 11.3 Å². The Labute approximate surface area is 183 Å². The molecule has 1 atom stereocenters. The molecule has 1 heterocycles. The molecule has 2 heteroatoms. The number of nitrogens with zero attached hydrogens (tertiary/aromatic N) is 1. The third-order valence-electron chi connectivity index (χ3n) is 5.69. The number of rotatable bonds is 5. The first-order valence-corrected chi connectivity index (χ1v) is 10.6. The van der Waals surface area contributed by atoms with Gasteiger partial charge in [-0.1, -0.05) is 103 Å². The van der Waals surface area contributed by atoms with E-state index in [0.717, 1.165) is 22.6 Å². The molecule has 0 saturated heterocycles. The fourth-order valence-corrected chi connectivity index (χ4v) is 4.07. The van der Waals surface area contributed by atoms with Crippen LogP contribution >= 0.6 is 0 Å². The van der Waals surface area contributed by atoms with E-state index >= 15 is 0 Å². The summed E-state index contributed by atoms with van der Waals surface area (Å²) in [6, 6.07) is 40.0. The van der Waals surface area contributed by atoms with Crippen molar-refractivity contribution >= 4 is 16.5 Å². The van der Waals surface area contributed by atoms with E-state index in [1.807, 2.05) is 6.07 Å². The number of fused-ring (bicyclic) bond motifs is 1. The number of aromatic nitrogens is 1. The lowest BCUT2D eigenvalue weighted by Crippen LogP contribution is -2.15. The predicted molar refractivity (Wildman–Crippen MR) is 130 cm³/mol. The minimum atomic E-state index is -0.0608. The number of hydrogen-bond acceptors (Lipinski definition) is 2. The zero-order valence-corrected chi connectivity index (χ0v) is 17.5. The number of hydrogen-bond donors (Lipinski definition) is 1. The Morgan fingerprint density at radius 1 is 0.645 bits per heavy atom. The molecule has 0 fully saturated rings. The van der Waals surface area contributed by atoms with Crippen LogP contribution in [0.5, 0.6) is 0 Å². The Morgan fingerprint density at radius 2 is 1.35 bits per heavy atom. The van der Waals surface area contributed by atoms with E-state index in [1.54, 1.807) is 0 Å². The molecule has 0 aliphatic rings. The molecule has 0 amide bonds. The Bertz CT molecular complexity index is 1310. The zero-order chi connectivity index (χ0) is 21.0. The molecular weight excluding hydrogens is 376 g/mol. The average molecular weight is 401 g/mol. The molecule has 0 saturated carbocycles. The van der Waals surface area contributed by atoms with Gasteiger partial charge < -0.3 is 5.32 Å². The van der Waals surface area contributed by atoms with E-state index < -0.39 is 0 Å². The van der Waals surface area contributed by atoms with Crippen LogP contribution in [0.1, 0.15) is 22.9 Å². The first kappa shape index (κ1) is 19.1. The lowest BCUT2D eigenvalue weighted by Gasteiger charge is -2.23. The summed E-state index contributed by atoms with van der Waals surface area (Å²) in [7, 11) is 0. The number of nitrogens with one attached hydrogen (secondary N) is 1. The second kappa shape index (κ2) is 8.45. The van der Waals surface area contributed by atoms with Crippen molar-refractivity contribution in [1.82, 2.24) is 4.98 Å². The predicted octanol–water partition coefficient (Wildman–Crippen LogP) is 7.41. The summed E-state index contributed by atoms with van der Waals surface area (Å²) >= 11 is 0. The standard InChI is InChI=1S/C29H24N2/c1-21-19-20-22-11-8-9-16-25(22)28(21)31-29(24-14-6-3-7-15-24)27-18-10-17-26(30-27)23-12-4-2-5-13-23/h2-20,29,31H,1H3. The van der Waals surface area contributed by atoms with Gasteiger partial charge in [-0.25, -0.2) is 0 Å². The maximum absolute atomic E-state index is 5.06. The molecule has 5 rings (SSSR count). The van der Waals surface area contributed by atoms with Gasteiger partial charge in [0.25, 0.3) is 0 Å². The Hall–Kier alpha value is -3.91. The van der Waals surface area contributed by atoms with Gasteiger partial charge in [-0.15, -0.1) is 0 Å². The highest BCUT2D eigenvalue weighted by Gasteiger charge is 2.18. The number of anilines is 1. The second-order valence-electron chi connectivity index (χ2n) is 7.78. The molecule has 0 aliphatic carbocycles. The van der Waals surface area contributed by atoms with Crippen LogP contribution in [0.15, 0.2) is 115 Å². The highest BCUT2D eigenvalue weighted by Crippen LogP contribution is 2.33. The van der Waals surface area contributed by atoms with E-state index in [2.05, 4.69) is 121 Å². The number of pyridine rings is 1. The van der Waals surface area contributed by atoms with Crippen LogP contribution in [0.2, 0.25) is 0 Å². The van der Waals surface area contributed by atoms with Gasteiger partial charge in [0.2, 0.25) is 0 Å². The molecule has 0 aliphatic heterocycles. The molecule has 0 radical (unpaired) electrons. The Kier molecular flexibility index (Phi) is 5.20. The van der Waals surface area contributed by atoms with Gasteiger partial charge in [0, 0.05) is 16.6 Å². The van der Waals surface area contributed by atoms with Gasteiger partial charge in [-0.05, 0) is 35.6 Å². The third kappa shape index (κ3) is 3.93. The van der Waals surface area contributed by atoms with Crippen molar-refractivity contribution < 1.29 is 0 Å². The summed E-state index contributed by atoms with van der Waals surface area (Å²) in [6.07, 6.45) is 0. The van der Waals surface area contributed by atoms with Crippen molar-refractivity contribution in [2.24, 2.45) is 0 Å². The van der Waals surface area contributed by atoms with Crippen molar-refractivity contribution in [1.29, 1.82) is 0 Å². The first-order valence-electron chi connectivity index (χ1n) is 10.6. The molecule has 1 N–H and O–H groups in total. The van der Waals surface area contributed by atoms with Crippen LogP contribution < -0.4 is 5.32 Å². The molecule has 2 nitrogen and oxygen atoms in total. The zero-order valence-electron chi connectivity index (χ0n) is 17.5. The molecule has 5 aromatic rings. The smallest absolute Gasteiger partial charge is 0.0940 e. The third-order valence-corrected chi connectivity index (χ3v) is 5.69. The number of aryl methyl sites for hydroxylation is 1. The second-order valence-corrected chi connectivity index (χ2v) is 7.78. The SMILES string of the molecule is Cc1ccc2ccccc2c1NC(c1ccccc1)c1cccc(-c2ccccc2)n1. The lowest BCUT2D eigenvalue weighted by molar-refractivity contribution is 0.889. The Balaban J connectivity index is 1.63. The molecule has 4 aromatic carbocycles. The summed E-state index contributed by atoms with van der Waals surface area (Å²) in [4.78, 5) is 5.06. The van der Waals surface area contributed by atoms with Crippen LogP contribution in [0.4, 0.5) is 5.69 Å². The van der Waals surface area contributed by atoms with E-state index in [0.29, 0.717) is 0 Å². The molecule has 31 heavy (non-hydrogen) atoms. The van der Waals surface area contributed by atoms with Crippen LogP contribution in [-0.2, 0) is 0 Å². The van der Waals surface area contributed by atoms with E-state index in [9.17, 15) is 0 Å². The van der Waals surface area contributed by atoms with Crippen LogP contribution in [0.3, 0.4) is 0 Å². The van der Waals surface area contributed by atoms with Gasteiger partial charge >= 0.3 is 0 Å². The lowest BCUT2D eigenvalue weighted by atomic mass is 9.99. The van der Waals surface area contributed by atoms with Crippen LogP contribution in [0, 0.1) is 6.92 Å². The van der Waals surface area contributed by atoms with Crippen molar-refractivity contribution in [3.05, 3.63) is 132 Å². The monoisotopic (exact) mass is 400 g/mol. The highest BCUT2D eigenvalue weighted by atomic mass is 15.0. The molecule has 1 aromatic heterocycles. The summed E-state index contributed by atoms with van der Waals surface area (Å²) in [5.74, 6) is 0. The van der Waals surface area contributed by atoms with Gasteiger partial charge in [0.05, 0.1) is 17.4 Å². The van der Waals surface area contributed by atoms with Gasteiger partial charge in [0.15, 0.2) is 0 Å². The summed E-state index contributed by atoms with van der Waals surface area (Å²) < 4.78 is 0. The fraction of sp³-hybridized carbons (Fsp3) is 0.0690. The maximum Gasteiger partial charge on any atom is 0.0940 e. The molecule has 1 unspecified atom stereocenters. The van der Waals surface area contributed by atoms with Gasteiger partial charge in [0.1, 0.15) is 0 Å². The van der Waals surface area contributed by atoms with Crippen LogP contribution in [0.25, 0.3) is 22.0 Å². The fourth-order valence-electron chi connectivity index (χ4n) is 4.07. The summed E-state index contributed by atoms with van der Waals surface area (Å²) in [5.41, 5.74) is 6.66. The summed E-state index contributed by atoms with van der Waals surface area (Å²) in [5, 5.41) is 6.29. The number of benzene rings is 4. The van der Waals surface area contributed by atoms with Gasteiger partial charge in [-0.2, -0.15) is 0 Å². The van der Waals surface area contributed by atoms with E-state index in [1.165, 1.54) is 21.9 Å². The van der Waals surface area contributed by atoms with Crippen LogP contribution in [-0.4, -0.2) is 4.98 Å². The first-order chi connectivity index (χ1) is 15.3. The van der Waals surface area contributed by atoms with Gasteiger partial charge in [-0.3, -0.25) is 4.98 Å². The highest BCUT2D eigenvalue weighted by molar-refractivity contribution is 5.95. The normalized spacial score (nSPS) is 11.9. The molecule has 0 bridgehead atoms. The summed E-state index contributed by atoms with van der Waals surface area (Å²) in [6.45, 7) is 2.16. The quantitative estimate of drug-likeness (QED) is 0.332. The molecule has 0 spiro atoms. The van der Waals surface area contributed by atoms with E-state index in [4.69, 9.17) is 4.98 Å². The molecular formula is C29H24N2. The van der Waals surface area contributed by atoms with Crippen molar-refractivity contribution in [3.63, 3.8) is 0 Å². The molecule has 150 valence electrons.